The predicted octanol–water partition coefficient (Wildman–Crippen LogP) is 1.20. The van der Waals surface area contributed by atoms with E-state index < -0.39 is 7.12 Å². The van der Waals surface area contributed by atoms with Crippen LogP contribution < -0.4 is 5.46 Å². The molecule has 1 heterocycles. The van der Waals surface area contributed by atoms with Crippen LogP contribution in [-0.2, 0) is 12.8 Å². The van der Waals surface area contributed by atoms with E-state index in [0.717, 1.165) is 12.0 Å². The highest BCUT2D eigenvalue weighted by atomic mass is 16.4. The van der Waals surface area contributed by atoms with Gasteiger partial charge >= 0.3 is 7.12 Å². The number of aromatic nitrogens is 2. The van der Waals surface area contributed by atoms with Crippen LogP contribution in [0.2, 0.25) is 0 Å². The highest BCUT2D eigenvalue weighted by molar-refractivity contribution is 6.58. The quantitative estimate of drug-likeness (QED) is 0.691. The van der Waals surface area contributed by atoms with E-state index in [1.807, 2.05) is 18.2 Å². The third kappa shape index (κ3) is 3.42. The molecule has 0 aliphatic heterocycles. The lowest BCUT2D eigenvalue weighted by atomic mass is 9.80. The summed E-state index contributed by atoms with van der Waals surface area (Å²) in [4.78, 5) is 0. The zero-order valence-corrected chi connectivity index (χ0v) is 11.9. The normalized spacial score (nSPS) is 10.6. The Morgan fingerprint density at radius 1 is 0.864 bits per heavy atom. The molecule has 0 spiro atoms. The minimum absolute atomic E-state index is 0.424. The van der Waals surface area contributed by atoms with Crippen LogP contribution in [0, 0.1) is 0 Å². The van der Waals surface area contributed by atoms with Crippen molar-refractivity contribution in [3.8, 4) is 11.5 Å². The molecule has 2 aromatic carbocycles. The summed E-state index contributed by atoms with van der Waals surface area (Å²) >= 11 is 0. The van der Waals surface area contributed by atoms with Gasteiger partial charge in [0.2, 0.25) is 11.8 Å². The first-order valence-electron chi connectivity index (χ1n) is 7.05. The fourth-order valence-corrected chi connectivity index (χ4v) is 2.17. The third-order valence-corrected chi connectivity index (χ3v) is 3.39. The Labute approximate surface area is 128 Å². The minimum Gasteiger partial charge on any atom is -0.423 e. The molecule has 0 atom stereocenters. The molecular formula is C16H15BN2O3. The second-order valence-corrected chi connectivity index (χ2v) is 4.98. The SMILES string of the molecule is OB(O)c1ccc(-c2nnc(CCc3ccccc3)o2)cc1. The van der Waals surface area contributed by atoms with Crippen LogP contribution in [-0.4, -0.2) is 27.4 Å². The van der Waals surface area contributed by atoms with Crippen molar-refractivity contribution < 1.29 is 14.5 Å². The number of aryl methyl sites for hydroxylation is 2. The first kappa shape index (κ1) is 14.5. The lowest BCUT2D eigenvalue weighted by molar-refractivity contribution is 0.426. The highest BCUT2D eigenvalue weighted by Gasteiger charge is 2.12. The summed E-state index contributed by atoms with van der Waals surface area (Å²) in [6.07, 6.45) is 1.53. The topological polar surface area (TPSA) is 79.4 Å². The summed E-state index contributed by atoms with van der Waals surface area (Å²) in [6, 6.07) is 16.8. The van der Waals surface area contributed by atoms with Gasteiger partial charge in [-0.2, -0.15) is 0 Å². The zero-order valence-electron chi connectivity index (χ0n) is 11.9. The maximum absolute atomic E-state index is 9.07. The number of benzene rings is 2. The molecule has 1 aromatic heterocycles. The summed E-state index contributed by atoms with van der Waals surface area (Å²) in [6.45, 7) is 0. The average Bonchev–Trinajstić information content (AvgIpc) is 3.03. The summed E-state index contributed by atoms with van der Waals surface area (Å²) in [7, 11) is -1.47. The number of rotatable bonds is 5. The molecule has 5 nitrogen and oxygen atoms in total. The fourth-order valence-electron chi connectivity index (χ4n) is 2.17. The first-order valence-corrected chi connectivity index (χ1v) is 7.05. The van der Waals surface area contributed by atoms with Gasteiger partial charge in [-0.1, -0.05) is 42.5 Å². The van der Waals surface area contributed by atoms with Crippen LogP contribution in [0.1, 0.15) is 11.5 Å². The molecule has 0 bridgehead atoms. The maximum Gasteiger partial charge on any atom is 0.488 e. The third-order valence-electron chi connectivity index (χ3n) is 3.39. The summed E-state index contributed by atoms with van der Waals surface area (Å²) < 4.78 is 5.64. The molecule has 22 heavy (non-hydrogen) atoms. The molecule has 6 heteroatoms. The van der Waals surface area contributed by atoms with Crippen molar-refractivity contribution in [1.29, 1.82) is 0 Å². The Balaban J connectivity index is 1.68. The number of nitrogens with zero attached hydrogens (tertiary/aromatic N) is 2. The Hall–Kier alpha value is -2.44. The molecule has 110 valence electrons. The van der Waals surface area contributed by atoms with Crippen molar-refractivity contribution in [2.24, 2.45) is 0 Å². The van der Waals surface area contributed by atoms with Crippen molar-refractivity contribution in [1.82, 2.24) is 10.2 Å². The van der Waals surface area contributed by atoms with Crippen LogP contribution in [0.15, 0.2) is 59.0 Å². The average molecular weight is 294 g/mol. The van der Waals surface area contributed by atoms with Gasteiger partial charge in [-0.3, -0.25) is 0 Å². The molecular weight excluding hydrogens is 279 g/mol. The van der Waals surface area contributed by atoms with E-state index in [1.54, 1.807) is 24.3 Å². The number of hydrogen-bond donors (Lipinski definition) is 2. The summed E-state index contributed by atoms with van der Waals surface area (Å²) in [5, 5.41) is 26.2. The molecule has 0 saturated carbocycles. The van der Waals surface area contributed by atoms with Gasteiger partial charge in [0.1, 0.15) is 0 Å². The van der Waals surface area contributed by atoms with Gasteiger partial charge < -0.3 is 14.5 Å². The Bertz CT molecular complexity index is 727. The van der Waals surface area contributed by atoms with Crippen molar-refractivity contribution in [2.45, 2.75) is 12.8 Å². The lowest BCUT2D eigenvalue weighted by Gasteiger charge is -2.00. The van der Waals surface area contributed by atoms with Crippen molar-refractivity contribution in [2.75, 3.05) is 0 Å². The monoisotopic (exact) mass is 294 g/mol. The molecule has 0 fully saturated rings. The van der Waals surface area contributed by atoms with E-state index in [0.29, 0.717) is 23.7 Å². The minimum atomic E-state index is -1.47. The molecule has 0 radical (unpaired) electrons. The Kier molecular flexibility index (Phi) is 4.32. The molecule has 0 amide bonds. The molecule has 0 aliphatic carbocycles. The van der Waals surface area contributed by atoms with Gasteiger partial charge in [0.05, 0.1) is 0 Å². The molecule has 3 rings (SSSR count). The summed E-state index contributed by atoms with van der Waals surface area (Å²) in [5.74, 6) is 1.02. The van der Waals surface area contributed by atoms with E-state index in [4.69, 9.17) is 14.5 Å². The van der Waals surface area contributed by atoms with Crippen LogP contribution in [0.25, 0.3) is 11.5 Å². The molecule has 0 aliphatic rings. The van der Waals surface area contributed by atoms with E-state index in [9.17, 15) is 0 Å². The summed E-state index contributed by atoms with van der Waals surface area (Å²) in [5.41, 5.74) is 2.40. The molecule has 0 saturated heterocycles. The molecule has 3 aromatic rings. The van der Waals surface area contributed by atoms with Crippen LogP contribution in [0.3, 0.4) is 0 Å². The highest BCUT2D eigenvalue weighted by Crippen LogP contribution is 2.17. The second-order valence-electron chi connectivity index (χ2n) is 4.98. The van der Waals surface area contributed by atoms with E-state index in [1.165, 1.54) is 5.56 Å². The Morgan fingerprint density at radius 2 is 1.59 bits per heavy atom. The second kappa shape index (κ2) is 6.55. The Morgan fingerprint density at radius 3 is 2.27 bits per heavy atom. The van der Waals surface area contributed by atoms with Crippen molar-refractivity contribution >= 4 is 12.6 Å². The zero-order chi connectivity index (χ0) is 15.4. The number of hydrogen-bond acceptors (Lipinski definition) is 5. The van der Waals surface area contributed by atoms with Gasteiger partial charge in [-0.15, -0.1) is 10.2 Å². The van der Waals surface area contributed by atoms with E-state index in [-0.39, 0.29) is 0 Å². The maximum atomic E-state index is 9.07. The van der Waals surface area contributed by atoms with Gasteiger partial charge in [-0.05, 0) is 29.6 Å². The van der Waals surface area contributed by atoms with Crippen LogP contribution in [0.5, 0.6) is 0 Å². The largest absolute Gasteiger partial charge is 0.488 e. The smallest absolute Gasteiger partial charge is 0.423 e. The lowest BCUT2D eigenvalue weighted by Crippen LogP contribution is -2.29. The van der Waals surface area contributed by atoms with Gasteiger partial charge in [0.15, 0.2) is 0 Å². The molecule has 0 unspecified atom stereocenters. The molecule has 2 N–H and O–H groups in total. The van der Waals surface area contributed by atoms with E-state index >= 15 is 0 Å². The van der Waals surface area contributed by atoms with Crippen molar-refractivity contribution in [3.05, 3.63) is 66.1 Å². The standard InChI is InChI=1S/C16H15BN2O3/c20-17(21)14-9-7-13(8-10-14)16-19-18-15(22-16)11-6-12-4-2-1-3-5-12/h1-5,7-10,20-21H,6,11H2. The predicted molar refractivity (Wildman–Crippen MR) is 83.4 cm³/mol. The van der Waals surface area contributed by atoms with E-state index in [2.05, 4.69) is 22.3 Å². The van der Waals surface area contributed by atoms with Gasteiger partial charge in [0.25, 0.3) is 0 Å². The van der Waals surface area contributed by atoms with Crippen LogP contribution in [0.4, 0.5) is 0 Å². The fraction of sp³-hybridized carbons (Fsp3) is 0.125. The van der Waals surface area contributed by atoms with Crippen LogP contribution >= 0.6 is 0 Å². The van der Waals surface area contributed by atoms with Gasteiger partial charge in [-0.25, -0.2) is 0 Å². The first-order chi connectivity index (χ1) is 10.7. The van der Waals surface area contributed by atoms with Gasteiger partial charge in [0, 0.05) is 12.0 Å². The van der Waals surface area contributed by atoms with Crippen molar-refractivity contribution in [3.63, 3.8) is 0 Å².